The monoisotopic (exact) mass is 251 g/mol. The molecule has 1 aromatic carbocycles. The average Bonchev–Trinajstić information content (AvgIpc) is 2.41. The van der Waals surface area contributed by atoms with Crippen molar-refractivity contribution in [2.45, 2.75) is 33.0 Å². The van der Waals surface area contributed by atoms with E-state index in [0.717, 1.165) is 19.6 Å². The lowest BCUT2D eigenvalue weighted by Crippen LogP contribution is -2.15. The Labute approximate surface area is 110 Å². The zero-order chi connectivity index (χ0) is 13.2. The van der Waals surface area contributed by atoms with Crippen LogP contribution in [0.2, 0.25) is 0 Å². The van der Waals surface area contributed by atoms with E-state index in [1.807, 2.05) is 20.9 Å². The molecule has 102 valence electrons. The first kappa shape index (κ1) is 15.2. The first-order chi connectivity index (χ1) is 8.76. The molecule has 1 rings (SSSR count). The van der Waals surface area contributed by atoms with E-state index in [4.69, 9.17) is 9.47 Å². The van der Waals surface area contributed by atoms with Crippen molar-refractivity contribution in [3.05, 3.63) is 35.4 Å². The number of likely N-dealkylation sites (N-methyl/N-ethyl adjacent to an activating group) is 1. The molecule has 0 aliphatic rings. The number of benzene rings is 1. The van der Waals surface area contributed by atoms with E-state index in [1.54, 1.807) is 0 Å². The molecule has 1 atom stereocenters. The molecular weight excluding hydrogens is 226 g/mol. The van der Waals surface area contributed by atoms with Crippen LogP contribution >= 0.6 is 0 Å². The highest BCUT2D eigenvalue weighted by atomic mass is 16.5. The first-order valence-corrected chi connectivity index (χ1v) is 6.68. The number of hydrogen-bond donors (Lipinski definition) is 1. The van der Waals surface area contributed by atoms with Gasteiger partial charge in [0.25, 0.3) is 0 Å². The highest BCUT2D eigenvalue weighted by molar-refractivity contribution is 5.22. The van der Waals surface area contributed by atoms with Gasteiger partial charge in [0, 0.05) is 6.61 Å². The first-order valence-electron chi connectivity index (χ1n) is 6.68. The van der Waals surface area contributed by atoms with Crippen molar-refractivity contribution in [1.29, 1.82) is 0 Å². The van der Waals surface area contributed by atoms with Crippen LogP contribution in [0.1, 0.15) is 25.0 Å². The molecule has 1 unspecified atom stereocenters. The van der Waals surface area contributed by atoms with Crippen molar-refractivity contribution >= 4 is 0 Å². The van der Waals surface area contributed by atoms with Gasteiger partial charge in [-0.25, -0.2) is 0 Å². The predicted octanol–water partition coefficient (Wildman–Crippen LogP) is 2.39. The van der Waals surface area contributed by atoms with Crippen LogP contribution in [-0.4, -0.2) is 32.9 Å². The molecule has 3 nitrogen and oxygen atoms in total. The topological polar surface area (TPSA) is 30.5 Å². The van der Waals surface area contributed by atoms with Crippen LogP contribution in [0.25, 0.3) is 0 Å². The van der Waals surface area contributed by atoms with E-state index in [2.05, 4.69) is 29.6 Å². The summed E-state index contributed by atoms with van der Waals surface area (Å²) in [4.78, 5) is 0. The molecule has 0 radical (unpaired) electrons. The largest absolute Gasteiger partial charge is 0.379 e. The zero-order valence-electron chi connectivity index (χ0n) is 11.7. The highest BCUT2D eigenvalue weighted by Gasteiger charge is 2.02. The summed E-state index contributed by atoms with van der Waals surface area (Å²) in [7, 11) is 1.97. The maximum Gasteiger partial charge on any atom is 0.0785 e. The van der Waals surface area contributed by atoms with Crippen molar-refractivity contribution in [3.63, 3.8) is 0 Å². The van der Waals surface area contributed by atoms with Crippen LogP contribution in [0.15, 0.2) is 24.3 Å². The van der Waals surface area contributed by atoms with Crippen LogP contribution in [0.4, 0.5) is 0 Å². The zero-order valence-corrected chi connectivity index (χ0v) is 11.7. The van der Waals surface area contributed by atoms with Gasteiger partial charge in [-0.2, -0.15) is 0 Å². The Bertz CT molecular complexity index is 311. The van der Waals surface area contributed by atoms with Gasteiger partial charge in [-0.05, 0) is 45.0 Å². The van der Waals surface area contributed by atoms with Gasteiger partial charge in [0.2, 0.25) is 0 Å². The lowest BCUT2D eigenvalue weighted by atomic mass is 10.1. The Balaban J connectivity index is 2.30. The molecule has 0 saturated carbocycles. The van der Waals surface area contributed by atoms with Crippen LogP contribution in [0.5, 0.6) is 0 Å². The Morgan fingerprint density at radius 3 is 2.44 bits per heavy atom. The Hall–Kier alpha value is -0.900. The second-order valence-electron chi connectivity index (χ2n) is 4.45. The molecule has 0 amide bonds. The molecule has 0 fully saturated rings. The second kappa shape index (κ2) is 9.09. The summed E-state index contributed by atoms with van der Waals surface area (Å²) in [6.07, 6.45) is 1.21. The van der Waals surface area contributed by atoms with Gasteiger partial charge >= 0.3 is 0 Å². The fraction of sp³-hybridized carbons (Fsp3) is 0.600. The van der Waals surface area contributed by atoms with Gasteiger partial charge in [0.15, 0.2) is 0 Å². The van der Waals surface area contributed by atoms with Gasteiger partial charge in [0.1, 0.15) is 0 Å². The van der Waals surface area contributed by atoms with Crippen LogP contribution in [-0.2, 0) is 22.5 Å². The molecule has 1 N–H and O–H groups in total. The van der Waals surface area contributed by atoms with Crippen molar-refractivity contribution < 1.29 is 9.47 Å². The van der Waals surface area contributed by atoms with E-state index in [9.17, 15) is 0 Å². The minimum atomic E-state index is 0.147. The number of hydrogen-bond acceptors (Lipinski definition) is 3. The highest BCUT2D eigenvalue weighted by Crippen LogP contribution is 2.07. The maximum absolute atomic E-state index is 5.71. The minimum Gasteiger partial charge on any atom is -0.379 e. The molecule has 0 aliphatic carbocycles. The summed E-state index contributed by atoms with van der Waals surface area (Å²) in [5.74, 6) is 0. The molecule has 0 saturated heterocycles. The van der Waals surface area contributed by atoms with Gasteiger partial charge in [-0.3, -0.25) is 0 Å². The third-order valence-electron chi connectivity index (χ3n) is 2.78. The fourth-order valence-electron chi connectivity index (χ4n) is 1.64. The third kappa shape index (κ3) is 6.15. The Morgan fingerprint density at radius 2 is 1.83 bits per heavy atom. The smallest absolute Gasteiger partial charge is 0.0785 e. The number of ether oxygens (including phenoxy) is 2. The van der Waals surface area contributed by atoms with Crippen LogP contribution in [0.3, 0.4) is 0 Å². The summed E-state index contributed by atoms with van der Waals surface area (Å²) in [6, 6.07) is 8.61. The SMILES string of the molecule is CCOCC(C)OCc1ccc(CCNC)cc1. The number of rotatable bonds is 9. The van der Waals surface area contributed by atoms with E-state index in [-0.39, 0.29) is 6.10 Å². The minimum absolute atomic E-state index is 0.147. The molecular formula is C15H25NO2. The summed E-state index contributed by atoms with van der Waals surface area (Å²) in [5, 5.41) is 3.15. The van der Waals surface area contributed by atoms with Crippen LogP contribution in [0, 0.1) is 0 Å². The Morgan fingerprint density at radius 1 is 1.17 bits per heavy atom. The maximum atomic E-state index is 5.71. The molecule has 0 bridgehead atoms. The molecule has 3 heteroatoms. The third-order valence-corrected chi connectivity index (χ3v) is 2.78. The van der Waals surface area contributed by atoms with E-state index < -0.39 is 0 Å². The summed E-state index contributed by atoms with van der Waals surface area (Å²) >= 11 is 0. The van der Waals surface area contributed by atoms with Gasteiger partial charge in [-0.1, -0.05) is 24.3 Å². The summed E-state index contributed by atoms with van der Waals surface area (Å²) in [6.45, 7) is 7.11. The van der Waals surface area contributed by atoms with E-state index in [0.29, 0.717) is 13.2 Å². The molecule has 0 spiro atoms. The lowest BCUT2D eigenvalue weighted by Gasteiger charge is -2.13. The lowest BCUT2D eigenvalue weighted by molar-refractivity contribution is -0.0116. The van der Waals surface area contributed by atoms with Gasteiger partial charge < -0.3 is 14.8 Å². The van der Waals surface area contributed by atoms with E-state index in [1.165, 1.54) is 11.1 Å². The molecule has 1 aromatic rings. The normalized spacial score (nSPS) is 12.6. The van der Waals surface area contributed by atoms with E-state index >= 15 is 0 Å². The summed E-state index contributed by atoms with van der Waals surface area (Å²) < 4.78 is 11.0. The average molecular weight is 251 g/mol. The molecule has 0 heterocycles. The van der Waals surface area contributed by atoms with Crippen molar-refractivity contribution in [2.75, 3.05) is 26.8 Å². The molecule has 0 aliphatic heterocycles. The van der Waals surface area contributed by atoms with Gasteiger partial charge in [-0.15, -0.1) is 0 Å². The molecule has 0 aromatic heterocycles. The van der Waals surface area contributed by atoms with Crippen molar-refractivity contribution in [3.8, 4) is 0 Å². The van der Waals surface area contributed by atoms with Crippen molar-refractivity contribution in [2.24, 2.45) is 0 Å². The standard InChI is InChI=1S/C15H25NO2/c1-4-17-11-13(2)18-12-15-7-5-14(6-8-15)9-10-16-3/h5-8,13,16H,4,9-12H2,1-3H3. The summed E-state index contributed by atoms with van der Waals surface area (Å²) in [5.41, 5.74) is 2.57. The molecule has 18 heavy (non-hydrogen) atoms. The van der Waals surface area contributed by atoms with Crippen LogP contribution < -0.4 is 5.32 Å². The van der Waals surface area contributed by atoms with Crippen molar-refractivity contribution in [1.82, 2.24) is 5.32 Å². The quantitative estimate of drug-likeness (QED) is 0.731. The predicted molar refractivity (Wildman–Crippen MR) is 74.8 cm³/mol. The second-order valence-corrected chi connectivity index (χ2v) is 4.45. The number of nitrogens with one attached hydrogen (secondary N) is 1. The van der Waals surface area contributed by atoms with Gasteiger partial charge in [0.05, 0.1) is 19.3 Å². The Kier molecular flexibility index (Phi) is 7.65. The fourth-order valence-corrected chi connectivity index (χ4v) is 1.64.